The zero-order valence-corrected chi connectivity index (χ0v) is 15.3. The summed E-state index contributed by atoms with van der Waals surface area (Å²) >= 11 is 0. The average Bonchev–Trinajstić information content (AvgIpc) is 2.79. The van der Waals surface area contributed by atoms with Crippen LogP contribution in [-0.2, 0) is 11.3 Å². The molecular formula is C19H30N4O2. The molecule has 0 saturated carbocycles. The topological polar surface area (TPSA) is 64.7 Å². The van der Waals surface area contributed by atoms with Gasteiger partial charge in [0.25, 0.3) is 0 Å². The monoisotopic (exact) mass is 346 g/mol. The third kappa shape index (κ3) is 7.67. The molecule has 1 aliphatic heterocycles. The number of urea groups is 1. The SMILES string of the molecule is CC(C)CNC(=O)NC(=O)CN1CCCN(Cc2ccccc2)CC1. The van der Waals surface area contributed by atoms with Crippen molar-refractivity contribution < 1.29 is 9.59 Å². The van der Waals surface area contributed by atoms with Crippen LogP contribution in [0.3, 0.4) is 0 Å². The van der Waals surface area contributed by atoms with E-state index in [0.29, 0.717) is 12.5 Å². The maximum Gasteiger partial charge on any atom is 0.321 e. The van der Waals surface area contributed by atoms with E-state index in [9.17, 15) is 9.59 Å². The van der Waals surface area contributed by atoms with Gasteiger partial charge in [-0.05, 0) is 31.0 Å². The highest BCUT2D eigenvalue weighted by molar-refractivity contribution is 5.95. The van der Waals surface area contributed by atoms with Crippen molar-refractivity contribution in [2.45, 2.75) is 26.8 Å². The molecule has 1 saturated heterocycles. The molecule has 0 unspecified atom stereocenters. The van der Waals surface area contributed by atoms with E-state index in [4.69, 9.17) is 0 Å². The van der Waals surface area contributed by atoms with Gasteiger partial charge < -0.3 is 5.32 Å². The summed E-state index contributed by atoms with van der Waals surface area (Å²) in [6.45, 7) is 9.49. The van der Waals surface area contributed by atoms with Gasteiger partial charge in [-0.25, -0.2) is 4.79 Å². The van der Waals surface area contributed by atoms with Crippen molar-refractivity contribution in [3.8, 4) is 0 Å². The highest BCUT2D eigenvalue weighted by Gasteiger charge is 2.18. The number of imide groups is 1. The van der Waals surface area contributed by atoms with E-state index in [1.54, 1.807) is 0 Å². The second kappa shape index (κ2) is 10.2. The maximum absolute atomic E-state index is 12.0. The van der Waals surface area contributed by atoms with Crippen LogP contribution in [0, 0.1) is 5.92 Å². The van der Waals surface area contributed by atoms with Gasteiger partial charge in [-0.1, -0.05) is 44.2 Å². The number of benzene rings is 1. The molecule has 6 heteroatoms. The van der Waals surface area contributed by atoms with Gasteiger partial charge in [0.05, 0.1) is 6.54 Å². The number of amides is 3. The van der Waals surface area contributed by atoms with Gasteiger partial charge in [0.2, 0.25) is 5.91 Å². The Bertz CT molecular complexity index is 548. The minimum atomic E-state index is -0.403. The first kappa shape index (κ1) is 19.4. The van der Waals surface area contributed by atoms with Crippen molar-refractivity contribution in [1.82, 2.24) is 20.4 Å². The second-order valence-electron chi connectivity index (χ2n) is 7.04. The van der Waals surface area contributed by atoms with Crippen LogP contribution >= 0.6 is 0 Å². The fourth-order valence-corrected chi connectivity index (χ4v) is 2.89. The molecule has 1 aromatic rings. The number of rotatable bonds is 6. The van der Waals surface area contributed by atoms with Crippen LogP contribution in [0.4, 0.5) is 4.79 Å². The van der Waals surface area contributed by atoms with E-state index in [1.165, 1.54) is 5.56 Å². The molecule has 1 heterocycles. The van der Waals surface area contributed by atoms with Crippen LogP contribution < -0.4 is 10.6 Å². The van der Waals surface area contributed by atoms with Crippen molar-refractivity contribution in [2.24, 2.45) is 5.92 Å². The fraction of sp³-hybridized carbons (Fsp3) is 0.579. The Labute approximate surface area is 150 Å². The van der Waals surface area contributed by atoms with Crippen LogP contribution in [-0.4, -0.2) is 61.0 Å². The first-order valence-corrected chi connectivity index (χ1v) is 9.09. The third-order valence-electron chi connectivity index (χ3n) is 4.22. The van der Waals surface area contributed by atoms with Crippen LogP contribution in [0.5, 0.6) is 0 Å². The van der Waals surface area contributed by atoms with E-state index < -0.39 is 6.03 Å². The van der Waals surface area contributed by atoms with E-state index >= 15 is 0 Å². The normalized spacial score (nSPS) is 16.4. The Balaban J connectivity index is 1.71. The average molecular weight is 346 g/mol. The van der Waals surface area contributed by atoms with Crippen molar-refractivity contribution in [3.05, 3.63) is 35.9 Å². The van der Waals surface area contributed by atoms with Crippen LogP contribution in [0.15, 0.2) is 30.3 Å². The molecule has 6 nitrogen and oxygen atoms in total. The smallest absolute Gasteiger partial charge is 0.321 e. The van der Waals surface area contributed by atoms with E-state index in [-0.39, 0.29) is 12.5 Å². The number of carbonyl (C=O) groups excluding carboxylic acids is 2. The number of nitrogens with zero attached hydrogens (tertiary/aromatic N) is 2. The van der Waals surface area contributed by atoms with Gasteiger partial charge in [0.1, 0.15) is 0 Å². The van der Waals surface area contributed by atoms with Gasteiger partial charge in [-0.2, -0.15) is 0 Å². The fourth-order valence-electron chi connectivity index (χ4n) is 2.89. The van der Waals surface area contributed by atoms with E-state index in [2.05, 4.69) is 44.7 Å². The second-order valence-corrected chi connectivity index (χ2v) is 7.04. The van der Waals surface area contributed by atoms with Crippen molar-refractivity contribution in [3.63, 3.8) is 0 Å². The van der Waals surface area contributed by atoms with Crippen LogP contribution in [0.2, 0.25) is 0 Å². The summed E-state index contributed by atoms with van der Waals surface area (Å²) in [5, 5.41) is 5.11. The molecule has 138 valence electrons. The Morgan fingerprint density at radius 3 is 2.44 bits per heavy atom. The molecule has 1 aliphatic rings. The standard InChI is InChI=1S/C19H30N4O2/c1-16(2)13-20-19(25)21-18(24)15-23-10-6-9-22(11-12-23)14-17-7-4-3-5-8-17/h3-5,7-8,16H,6,9-15H2,1-2H3,(H2,20,21,24,25). The van der Waals surface area contributed by atoms with E-state index in [1.807, 2.05) is 19.9 Å². The molecule has 0 aliphatic carbocycles. The number of hydrogen-bond acceptors (Lipinski definition) is 4. The third-order valence-corrected chi connectivity index (χ3v) is 4.22. The van der Waals surface area contributed by atoms with Gasteiger partial charge >= 0.3 is 6.03 Å². The molecule has 0 radical (unpaired) electrons. The van der Waals surface area contributed by atoms with Crippen LogP contribution in [0.1, 0.15) is 25.8 Å². The summed E-state index contributed by atoms with van der Waals surface area (Å²) in [6, 6.07) is 10.0. The molecule has 1 fully saturated rings. The zero-order valence-electron chi connectivity index (χ0n) is 15.3. The quantitative estimate of drug-likeness (QED) is 0.822. The highest BCUT2D eigenvalue weighted by Crippen LogP contribution is 2.08. The molecule has 2 N–H and O–H groups in total. The number of nitrogens with one attached hydrogen (secondary N) is 2. The number of carbonyl (C=O) groups is 2. The number of hydrogen-bond donors (Lipinski definition) is 2. The first-order valence-electron chi connectivity index (χ1n) is 9.09. The predicted molar refractivity (Wildman–Crippen MR) is 99.2 cm³/mol. The minimum absolute atomic E-state index is 0.238. The molecule has 3 amide bonds. The molecule has 0 atom stereocenters. The molecule has 25 heavy (non-hydrogen) atoms. The lowest BCUT2D eigenvalue weighted by Crippen LogP contribution is -2.45. The molecule has 1 aromatic carbocycles. The predicted octanol–water partition coefficient (Wildman–Crippen LogP) is 1.68. The van der Waals surface area contributed by atoms with E-state index in [0.717, 1.165) is 39.1 Å². The lowest BCUT2D eigenvalue weighted by Gasteiger charge is -2.21. The lowest BCUT2D eigenvalue weighted by atomic mass is 10.2. The van der Waals surface area contributed by atoms with Gasteiger partial charge in [-0.15, -0.1) is 0 Å². The zero-order chi connectivity index (χ0) is 18.1. The molecule has 0 spiro atoms. The molecule has 2 rings (SSSR count). The lowest BCUT2D eigenvalue weighted by molar-refractivity contribution is -0.121. The summed E-state index contributed by atoms with van der Waals surface area (Å²) in [4.78, 5) is 28.2. The minimum Gasteiger partial charge on any atom is -0.338 e. The Morgan fingerprint density at radius 1 is 1.04 bits per heavy atom. The summed E-state index contributed by atoms with van der Waals surface area (Å²) in [6.07, 6.45) is 1.03. The van der Waals surface area contributed by atoms with Gasteiger partial charge in [-0.3, -0.25) is 19.9 Å². The van der Waals surface area contributed by atoms with Crippen molar-refractivity contribution in [2.75, 3.05) is 39.3 Å². The van der Waals surface area contributed by atoms with Crippen LogP contribution in [0.25, 0.3) is 0 Å². The molecular weight excluding hydrogens is 316 g/mol. The highest BCUT2D eigenvalue weighted by atomic mass is 16.2. The first-order chi connectivity index (χ1) is 12.0. The van der Waals surface area contributed by atoms with Crippen molar-refractivity contribution >= 4 is 11.9 Å². The summed E-state index contributed by atoms with van der Waals surface area (Å²) in [5.74, 6) is 0.125. The molecule has 0 aromatic heterocycles. The Kier molecular flexibility index (Phi) is 7.88. The Morgan fingerprint density at radius 2 is 1.72 bits per heavy atom. The van der Waals surface area contributed by atoms with Crippen molar-refractivity contribution in [1.29, 1.82) is 0 Å². The summed E-state index contributed by atoms with van der Waals surface area (Å²) in [5.41, 5.74) is 1.32. The molecule has 0 bridgehead atoms. The van der Waals surface area contributed by atoms with Gasteiger partial charge in [0, 0.05) is 26.2 Å². The summed E-state index contributed by atoms with van der Waals surface area (Å²) in [7, 11) is 0. The largest absolute Gasteiger partial charge is 0.338 e. The maximum atomic E-state index is 12.0. The van der Waals surface area contributed by atoms with Gasteiger partial charge in [0.15, 0.2) is 0 Å². The Hall–Kier alpha value is -1.92. The summed E-state index contributed by atoms with van der Waals surface area (Å²) < 4.78 is 0.